The summed E-state index contributed by atoms with van der Waals surface area (Å²) in [5, 5.41) is 3.41. The number of hydrogen-bond donors (Lipinski definition) is 1. The van der Waals surface area contributed by atoms with Crippen LogP contribution in [0.5, 0.6) is 0 Å². The Balaban J connectivity index is 2.46. The number of amidine groups is 1. The number of halogens is 1. The van der Waals surface area contributed by atoms with Gasteiger partial charge >= 0.3 is 0 Å². The molecule has 0 heterocycles. The molecule has 0 spiro atoms. The molecule has 0 unspecified atom stereocenters. The maximum Gasteiger partial charge on any atom is 0.135 e. The van der Waals surface area contributed by atoms with Gasteiger partial charge in [-0.25, -0.2) is 4.99 Å². The van der Waals surface area contributed by atoms with Gasteiger partial charge in [0.15, 0.2) is 0 Å². The number of nitrogens with one attached hydrogen (secondary N) is 1. The Morgan fingerprint density at radius 3 is 2.33 bits per heavy atom. The van der Waals surface area contributed by atoms with Crippen molar-refractivity contribution in [2.75, 3.05) is 5.32 Å². The van der Waals surface area contributed by atoms with Crippen LogP contribution in [-0.4, -0.2) is 11.5 Å². The van der Waals surface area contributed by atoms with E-state index in [1.165, 1.54) is 0 Å². The number of para-hydroxylation sites is 2. The van der Waals surface area contributed by atoms with Crippen LogP contribution >= 0.6 is 15.9 Å². The van der Waals surface area contributed by atoms with Crippen LogP contribution in [0.4, 0.5) is 11.4 Å². The summed E-state index contributed by atoms with van der Waals surface area (Å²) < 4.78 is 0.991. The van der Waals surface area contributed by atoms with Crippen molar-refractivity contribution >= 4 is 38.9 Å². The largest absolute Gasteiger partial charge is 0.339 e. The Hall–Kier alpha value is -2.20. The standard InChI is InChI=1S/C20H22BrN3/c1-14(2)22-13-16(4)20(23-18-11-7-5-9-15(18)3)24-19-12-8-6-10-17(19)21/h5-13H,1-4H3,(H,23,24)/b16-13+. The maximum absolute atomic E-state index is 4.82. The Kier molecular flexibility index (Phi) is 6.50. The molecule has 0 saturated carbocycles. The zero-order valence-corrected chi connectivity index (χ0v) is 16.1. The van der Waals surface area contributed by atoms with Gasteiger partial charge in [-0.15, -0.1) is 0 Å². The van der Waals surface area contributed by atoms with E-state index in [4.69, 9.17) is 4.99 Å². The number of aliphatic imine (C=N–C) groups is 2. The van der Waals surface area contributed by atoms with Gasteiger partial charge in [0.1, 0.15) is 5.84 Å². The Morgan fingerprint density at radius 1 is 1.00 bits per heavy atom. The summed E-state index contributed by atoms with van der Waals surface area (Å²) in [5.74, 6) is 0.779. The highest BCUT2D eigenvalue weighted by atomic mass is 79.9. The van der Waals surface area contributed by atoms with E-state index >= 15 is 0 Å². The van der Waals surface area contributed by atoms with E-state index in [0.717, 1.165) is 38.5 Å². The van der Waals surface area contributed by atoms with Crippen LogP contribution in [0.2, 0.25) is 0 Å². The summed E-state index contributed by atoms with van der Waals surface area (Å²) in [4.78, 5) is 9.22. The van der Waals surface area contributed by atoms with Gasteiger partial charge in [-0.2, -0.15) is 0 Å². The first-order valence-corrected chi connectivity index (χ1v) is 8.60. The average molecular weight is 384 g/mol. The van der Waals surface area contributed by atoms with Gasteiger partial charge in [-0.1, -0.05) is 30.3 Å². The molecule has 0 aliphatic rings. The third-order valence-corrected chi connectivity index (χ3v) is 4.06. The molecule has 1 N–H and O–H groups in total. The van der Waals surface area contributed by atoms with Crippen LogP contribution in [-0.2, 0) is 0 Å². The van der Waals surface area contributed by atoms with E-state index < -0.39 is 0 Å². The summed E-state index contributed by atoms with van der Waals surface area (Å²) in [5.41, 5.74) is 5.01. The molecule has 0 aliphatic carbocycles. The predicted molar refractivity (Wildman–Crippen MR) is 109 cm³/mol. The van der Waals surface area contributed by atoms with Gasteiger partial charge in [0.05, 0.1) is 11.4 Å². The van der Waals surface area contributed by atoms with Gasteiger partial charge in [0.2, 0.25) is 0 Å². The second-order valence-corrected chi connectivity index (χ2v) is 6.59. The zero-order valence-electron chi connectivity index (χ0n) is 14.5. The van der Waals surface area contributed by atoms with E-state index in [-0.39, 0.29) is 0 Å². The fourth-order valence-electron chi connectivity index (χ4n) is 2.00. The van der Waals surface area contributed by atoms with Crippen molar-refractivity contribution in [3.05, 3.63) is 70.3 Å². The fraction of sp³-hybridized carbons (Fsp3) is 0.200. The maximum atomic E-state index is 4.82. The minimum absolute atomic E-state index is 0.779. The molecule has 24 heavy (non-hydrogen) atoms. The molecule has 0 aliphatic heterocycles. The van der Waals surface area contributed by atoms with E-state index in [2.05, 4.69) is 39.2 Å². The molecular formula is C20H22BrN3. The Bertz CT molecular complexity index is 800. The summed E-state index contributed by atoms with van der Waals surface area (Å²) in [6, 6.07) is 16.1. The molecule has 0 saturated heterocycles. The lowest BCUT2D eigenvalue weighted by Gasteiger charge is -2.12. The first kappa shape index (κ1) is 18.1. The van der Waals surface area contributed by atoms with Crippen LogP contribution in [0.1, 0.15) is 26.3 Å². The van der Waals surface area contributed by atoms with Gasteiger partial charge in [0, 0.05) is 22.0 Å². The fourth-order valence-corrected chi connectivity index (χ4v) is 2.39. The lowest BCUT2D eigenvalue weighted by molar-refractivity contribution is 1.35. The monoisotopic (exact) mass is 383 g/mol. The molecular weight excluding hydrogens is 362 g/mol. The minimum Gasteiger partial charge on any atom is -0.339 e. The molecule has 0 aromatic heterocycles. The van der Waals surface area contributed by atoms with Crippen molar-refractivity contribution < 1.29 is 0 Å². The second kappa shape index (κ2) is 8.60. The molecule has 0 atom stereocenters. The smallest absolute Gasteiger partial charge is 0.135 e. The van der Waals surface area contributed by atoms with Crippen LogP contribution in [0.15, 0.2) is 74.8 Å². The van der Waals surface area contributed by atoms with Crippen LogP contribution in [0, 0.1) is 6.92 Å². The lowest BCUT2D eigenvalue weighted by Crippen LogP contribution is -2.13. The zero-order chi connectivity index (χ0) is 17.5. The number of hydrogen-bond acceptors (Lipinski definition) is 2. The molecule has 3 nitrogen and oxygen atoms in total. The van der Waals surface area contributed by atoms with E-state index in [9.17, 15) is 0 Å². The highest BCUT2D eigenvalue weighted by molar-refractivity contribution is 9.10. The van der Waals surface area contributed by atoms with Crippen molar-refractivity contribution in [3.63, 3.8) is 0 Å². The molecule has 0 fully saturated rings. The minimum atomic E-state index is 0.779. The van der Waals surface area contributed by atoms with Crippen LogP contribution < -0.4 is 5.32 Å². The summed E-state index contributed by atoms with van der Waals surface area (Å²) in [6.45, 7) is 8.02. The summed E-state index contributed by atoms with van der Waals surface area (Å²) in [6.07, 6.45) is 1.84. The molecule has 0 radical (unpaired) electrons. The quantitative estimate of drug-likeness (QED) is 0.489. The highest BCUT2D eigenvalue weighted by Gasteiger charge is 2.07. The first-order valence-electron chi connectivity index (χ1n) is 7.81. The van der Waals surface area contributed by atoms with Gasteiger partial charge in [-0.05, 0) is 67.4 Å². The van der Waals surface area contributed by atoms with Crippen LogP contribution in [0.25, 0.3) is 0 Å². The normalized spacial score (nSPS) is 12.0. The van der Waals surface area contributed by atoms with Crippen molar-refractivity contribution in [1.82, 2.24) is 0 Å². The third-order valence-electron chi connectivity index (χ3n) is 3.36. The van der Waals surface area contributed by atoms with Gasteiger partial charge in [-0.3, -0.25) is 4.99 Å². The third kappa shape index (κ3) is 5.17. The first-order chi connectivity index (χ1) is 11.5. The summed E-state index contributed by atoms with van der Waals surface area (Å²) in [7, 11) is 0. The van der Waals surface area contributed by atoms with Crippen molar-refractivity contribution in [2.45, 2.75) is 27.7 Å². The topological polar surface area (TPSA) is 36.8 Å². The molecule has 4 heteroatoms. The molecule has 0 amide bonds. The molecule has 2 rings (SSSR count). The summed E-state index contributed by atoms with van der Waals surface area (Å²) >= 11 is 3.57. The number of anilines is 1. The van der Waals surface area contributed by atoms with Crippen molar-refractivity contribution in [3.8, 4) is 0 Å². The predicted octanol–water partition coefficient (Wildman–Crippen LogP) is 6.28. The SMILES string of the molecule is CC(C)=N/C=C(\C)C(=Nc1ccccc1C)Nc1ccccc1Br. The highest BCUT2D eigenvalue weighted by Crippen LogP contribution is 2.24. The van der Waals surface area contributed by atoms with Gasteiger partial charge < -0.3 is 5.32 Å². The Labute approximate surface area is 152 Å². The van der Waals surface area contributed by atoms with Crippen molar-refractivity contribution in [2.24, 2.45) is 9.98 Å². The Morgan fingerprint density at radius 2 is 1.67 bits per heavy atom. The van der Waals surface area contributed by atoms with E-state index in [1.54, 1.807) is 0 Å². The van der Waals surface area contributed by atoms with Gasteiger partial charge in [0.25, 0.3) is 0 Å². The number of aryl methyl sites for hydroxylation is 1. The van der Waals surface area contributed by atoms with E-state index in [0.29, 0.717) is 0 Å². The second-order valence-electron chi connectivity index (χ2n) is 5.74. The lowest BCUT2D eigenvalue weighted by atomic mass is 10.2. The van der Waals surface area contributed by atoms with Crippen molar-refractivity contribution in [1.29, 1.82) is 0 Å². The number of benzene rings is 2. The molecule has 0 bridgehead atoms. The van der Waals surface area contributed by atoms with E-state index in [1.807, 2.05) is 69.4 Å². The average Bonchev–Trinajstić information content (AvgIpc) is 2.55. The molecule has 2 aromatic rings. The number of rotatable bonds is 4. The molecule has 2 aromatic carbocycles. The number of nitrogens with zero attached hydrogens (tertiary/aromatic N) is 2. The molecule has 124 valence electrons. The van der Waals surface area contributed by atoms with Crippen LogP contribution in [0.3, 0.4) is 0 Å².